The summed E-state index contributed by atoms with van der Waals surface area (Å²) in [5.74, 6) is 0.992. The molecule has 0 saturated heterocycles. The van der Waals surface area contributed by atoms with Gasteiger partial charge in [0.1, 0.15) is 17.2 Å². The topological polar surface area (TPSA) is 55.0 Å². The number of carbonyl (C=O) groups is 1. The highest BCUT2D eigenvalue weighted by Crippen LogP contribution is 2.33. The summed E-state index contributed by atoms with van der Waals surface area (Å²) in [5.41, 5.74) is 3.05. The molecule has 1 unspecified atom stereocenters. The van der Waals surface area contributed by atoms with Crippen molar-refractivity contribution in [2.24, 2.45) is 0 Å². The van der Waals surface area contributed by atoms with Crippen molar-refractivity contribution in [2.45, 2.75) is 19.3 Å². The third-order valence-corrected chi connectivity index (χ3v) is 3.87. The Labute approximate surface area is 129 Å². The number of ether oxygens (including phenoxy) is 1. The number of hydrogen-bond donors (Lipinski definition) is 1. The van der Waals surface area contributed by atoms with E-state index in [-0.39, 0.29) is 11.7 Å². The van der Waals surface area contributed by atoms with Gasteiger partial charge in [0, 0.05) is 30.1 Å². The minimum atomic E-state index is 0.0151. The molecule has 0 radical (unpaired) electrons. The van der Waals surface area contributed by atoms with E-state index in [4.69, 9.17) is 4.74 Å². The molecule has 0 saturated carbocycles. The summed E-state index contributed by atoms with van der Waals surface area (Å²) >= 11 is 0. The van der Waals surface area contributed by atoms with Crippen molar-refractivity contribution in [3.05, 3.63) is 59.9 Å². The quantitative estimate of drug-likeness (QED) is 0.781. The summed E-state index contributed by atoms with van der Waals surface area (Å²) in [6.07, 6.45) is 4.18. The van der Waals surface area contributed by atoms with Crippen LogP contribution >= 0.6 is 0 Å². The van der Waals surface area contributed by atoms with Gasteiger partial charge in [0.2, 0.25) is 0 Å². The molecule has 0 aliphatic rings. The summed E-state index contributed by atoms with van der Waals surface area (Å²) in [5, 5.41) is 1.06. The second kappa shape index (κ2) is 6.02. The molecule has 0 aliphatic heterocycles. The number of methoxy groups -OCH3 is 1. The molecular formula is C18H18N2O2. The van der Waals surface area contributed by atoms with E-state index >= 15 is 0 Å². The van der Waals surface area contributed by atoms with Crippen LogP contribution in [0.4, 0.5) is 0 Å². The highest BCUT2D eigenvalue weighted by atomic mass is 16.5. The van der Waals surface area contributed by atoms with Crippen LogP contribution in [0.15, 0.2) is 48.8 Å². The second-order valence-electron chi connectivity index (χ2n) is 5.38. The number of aromatic amines is 1. The lowest BCUT2D eigenvalue weighted by atomic mass is 9.87. The molecule has 0 aliphatic carbocycles. The van der Waals surface area contributed by atoms with Crippen LogP contribution < -0.4 is 4.74 Å². The highest BCUT2D eigenvalue weighted by Gasteiger charge is 2.20. The van der Waals surface area contributed by atoms with Gasteiger partial charge in [0.05, 0.1) is 7.11 Å². The summed E-state index contributed by atoms with van der Waals surface area (Å²) in [6, 6.07) is 11.8. The zero-order valence-corrected chi connectivity index (χ0v) is 12.7. The lowest BCUT2D eigenvalue weighted by Crippen LogP contribution is -2.06. The fraction of sp³-hybridized carbons (Fsp3) is 0.222. The maximum Gasteiger partial charge on any atom is 0.137 e. The monoisotopic (exact) mass is 294 g/mol. The first kappa shape index (κ1) is 14.3. The Morgan fingerprint density at radius 2 is 2.05 bits per heavy atom. The maximum absolute atomic E-state index is 11.7. The van der Waals surface area contributed by atoms with Gasteiger partial charge in [0.25, 0.3) is 0 Å². The number of H-pyrrole nitrogens is 1. The molecule has 0 fully saturated rings. The first-order valence-electron chi connectivity index (χ1n) is 7.24. The van der Waals surface area contributed by atoms with E-state index in [9.17, 15) is 4.79 Å². The zero-order chi connectivity index (χ0) is 15.5. The maximum atomic E-state index is 11.7. The first-order chi connectivity index (χ1) is 10.7. The normalized spacial score (nSPS) is 12.3. The van der Waals surface area contributed by atoms with Crippen molar-refractivity contribution in [3.8, 4) is 5.75 Å². The molecule has 4 heteroatoms. The molecule has 3 rings (SSSR count). The van der Waals surface area contributed by atoms with E-state index in [2.05, 4.69) is 9.97 Å². The van der Waals surface area contributed by atoms with Crippen LogP contribution in [-0.2, 0) is 4.79 Å². The Kier molecular flexibility index (Phi) is 3.92. The summed E-state index contributed by atoms with van der Waals surface area (Å²) in [6.45, 7) is 1.63. The highest BCUT2D eigenvalue weighted by molar-refractivity contribution is 5.83. The molecule has 2 aromatic heterocycles. The average Bonchev–Trinajstić information content (AvgIpc) is 2.96. The number of nitrogens with one attached hydrogen (secondary N) is 1. The molecule has 0 spiro atoms. The number of rotatable bonds is 5. The summed E-state index contributed by atoms with van der Waals surface area (Å²) < 4.78 is 5.21. The molecule has 22 heavy (non-hydrogen) atoms. The number of carbonyl (C=O) groups excluding carboxylic acids is 1. The molecule has 0 amide bonds. The summed E-state index contributed by atoms with van der Waals surface area (Å²) in [4.78, 5) is 19.2. The predicted octanol–water partition coefficient (Wildman–Crippen LogP) is 3.68. The van der Waals surface area contributed by atoms with Crippen LogP contribution in [-0.4, -0.2) is 22.9 Å². The summed E-state index contributed by atoms with van der Waals surface area (Å²) in [7, 11) is 1.65. The average molecular weight is 294 g/mol. The van der Waals surface area contributed by atoms with Gasteiger partial charge in [-0.05, 0) is 42.3 Å². The van der Waals surface area contributed by atoms with E-state index in [1.807, 2.05) is 42.6 Å². The fourth-order valence-corrected chi connectivity index (χ4v) is 2.80. The Morgan fingerprint density at radius 1 is 1.27 bits per heavy atom. The number of fused-ring (bicyclic) bond motifs is 1. The third-order valence-electron chi connectivity index (χ3n) is 3.87. The lowest BCUT2D eigenvalue weighted by molar-refractivity contribution is -0.117. The molecule has 1 atom stereocenters. The number of ketones is 1. The van der Waals surface area contributed by atoms with Gasteiger partial charge >= 0.3 is 0 Å². The largest absolute Gasteiger partial charge is 0.497 e. The predicted molar refractivity (Wildman–Crippen MR) is 86.2 cm³/mol. The minimum absolute atomic E-state index is 0.0151. The number of pyridine rings is 1. The van der Waals surface area contributed by atoms with Crippen molar-refractivity contribution >= 4 is 16.8 Å². The molecule has 4 nitrogen and oxygen atoms in total. The minimum Gasteiger partial charge on any atom is -0.497 e. The SMILES string of the molecule is COc1ccc(C(CC(C)=O)c2c[nH]c3ncccc23)cc1. The number of aromatic nitrogens is 2. The van der Waals surface area contributed by atoms with Gasteiger partial charge in [-0.15, -0.1) is 0 Å². The smallest absolute Gasteiger partial charge is 0.137 e. The fourth-order valence-electron chi connectivity index (χ4n) is 2.80. The standard InChI is InChI=1S/C18H18N2O2/c1-12(21)10-16(13-5-7-14(22-2)8-6-13)17-11-20-18-15(17)4-3-9-19-18/h3-9,11,16H,10H2,1-2H3,(H,19,20). The second-order valence-corrected chi connectivity index (χ2v) is 5.38. The molecule has 0 bridgehead atoms. The Morgan fingerprint density at radius 3 is 2.73 bits per heavy atom. The van der Waals surface area contributed by atoms with E-state index < -0.39 is 0 Å². The molecular weight excluding hydrogens is 276 g/mol. The van der Waals surface area contributed by atoms with Crippen LogP contribution in [0.1, 0.15) is 30.4 Å². The van der Waals surface area contributed by atoms with Crippen molar-refractivity contribution in [1.82, 2.24) is 9.97 Å². The Bertz CT molecular complexity index is 790. The molecule has 1 aromatic carbocycles. The lowest BCUT2D eigenvalue weighted by Gasteiger charge is -2.16. The molecule has 1 N–H and O–H groups in total. The van der Waals surface area contributed by atoms with Gasteiger partial charge < -0.3 is 9.72 Å². The van der Waals surface area contributed by atoms with Crippen LogP contribution in [0.3, 0.4) is 0 Å². The Balaban J connectivity index is 2.07. The van der Waals surface area contributed by atoms with E-state index in [1.54, 1.807) is 20.2 Å². The van der Waals surface area contributed by atoms with Gasteiger partial charge in [-0.3, -0.25) is 4.79 Å². The molecule has 3 aromatic rings. The van der Waals surface area contributed by atoms with Gasteiger partial charge in [0.15, 0.2) is 0 Å². The Hall–Kier alpha value is -2.62. The van der Waals surface area contributed by atoms with Crippen molar-refractivity contribution in [3.63, 3.8) is 0 Å². The van der Waals surface area contributed by atoms with Crippen LogP contribution in [0.5, 0.6) is 5.75 Å². The van der Waals surface area contributed by atoms with E-state index in [0.717, 1.165) is 27.9 Å². The van der Waals surface area contributed by atoms with E-state index in [1.165, 1.54) is 0 Å². The van der Waals surface area contributed by atoms with Gasteiger partial charge in [-0.25, -0.2) is 4.98 Å². The molecule has 2 heterocycles. The number of benzene rings is 1. The van der Waals surface area contributed by atoms with Crippen molar-refractivity contribution in [2.75, 3.05) is 7.11 Å². The van der Waals surface area contributed by atoms with Gasteiger partial charge in [-0.1, -0.05) is 12.1 Å². The van der Waals surface area contributed by atoms with Gasteiger partial charge in [-0.2, -0.15) is 0 Å². The van der Waals surface area contributed by atoms with Crippen LogP contribution in [0, 0.1) is 0 Å². The number of nitrogens with zero attached hydrogens (tertiary/aromatic N) is 1. The number of Topliss-reactive ketones (excluding diaryl/α,β-unsaturated/α-hetero) is 1. The third kappa shape index (κ3) is 2.72. The molecule has 112 valence electrons. The van der Waals surface area contributed by atoms with Crippen LogP contribution in [0.25, 0.3) is 11.0 Å². The number of hydrogen-bond acceptors (Lipinski definition) is 3. The van der Waals surface area contributed by atoms with Crippen molar-refractivity contribution in [1.29, 1.82) is 0 Å². The van der Waals surface area contributed by atoms with Crippen molar-refractivity contribution < 1.29 is 9.53 Å². The first-order valence-corrected chi connectivity index (χ1v) is 7.24. The zero-order valence-electron chi connectivity index (χ0n) is 12.7. The van der Waals surface area contributed by atoms with E-state index in [0.29, 0.717) is 6.42 Å². The van der Waals surface area contributed by atoms with Crippen LogP contribution in [0.2, 0.25) is 0 Å².